The van der Waals surface area contributed by atoms with Gasteiger partial charge in [-0.1, -0.05) is 13.8 Å². The first-order chi connectivity index (χ1) is 7.91. The number of hydrogen-bond acceptors (Lipinski definition) is 2. The highest BCUT2D eigenvalue weighted by atomic mass is 19.4. The fourth-order valence-corrected chi connectivity index (χ4v) is 2.60. The lowest BCUT2D eigenvalue weighted by Gasteiger charge is -2.34. The highest BCUT2D eigenvalue weighted by Crippen LogP contribution is 2.31. The minimum Gasteiger partial charge on any atom is -0.316 e. The molecule has 0 aromatic rings. The second-order valence-electron chi connectivity index (χ2n) is 5.11. The van der Waals surface area contributed by atoms with Crippen molar-refractivity contribution in [1.29, 1.82) is 0 Å². The smallest absolute Gasteiger partial charge is 0.316 e. The van der Waals surface area contributed by atoms with Gasteiger partial charge in [-0.05, 0) is 37.8 Å². The van der Waals surface area contributed by atoms with Crippen molar-refractivity contribution in [1.82, 2.24) is 10.2 Å². The van der Waals surface area contributed by atoms with Gasteiger partial charge in [-0.15, -0.1) is 0 Å². The Morgan fingerprint density at radius 1 is 1.29 bits per heavy atom. The Labute approximate surface area is 102 Å². The molecule has 1 saturated heterocycles. The molecule has 1 heterocycles. The standard InChI is InChI=1S/C12H23F3N2/c1-3-7-17(10-12(13,14)15)9-11(4-2)5-6-16-8-11/h16H,3-10H2,1-2H3. The molecule has 1 rings (SSSR count). The third kappa shape index (κ3) is 4.84. The van der Waals surface area contributed by atoms with Gasteiger partial charge >= 0.3 is 6.18 Å². The van der Waals surface area contributed by atoms with E-state index in [1.165, 1.54) is 0 Å². The van der Waals surface area contributed by atoms with E-state index in [9.17, 15) is 13.2 Å². The van der Waals surface area contributed by atoms with Gasteiger partial charge < -0.3 is 5.32 Å². The third-order valence-electron chi connectivity index (χ3n) is 3.58. The van der Waals surface area contributed by atoms with Gasteiger partial charge in [0.25, 0.3) is 0 Å². The fourth-order valence-electron chi connectivity index (χ4n) is 2.60. The summed E-state index contributed by atoms with van der Waals surface area (Å²) < 4.78 is 37.4. The molecular formula is C12H23F3N2. The minimum atomic E-state index is -4.09. The maximum Gasteiger partial charge on any atom is 0.401 e. The molecule has 0 radical (unpaired) electrons. The van der Waals surface area contributed by atoms with E-state index in [0.717, 1.165) is 32.4 Å². The van der Waals surface area contributed by atoms with Crippen LogP contribution in [0.5, 0.6) is 0 Å². The van der Waals surface area contributed by atoms with Crippen molar-refractivity contribution in [2.75, 3.05) is 32.7 Å². The molecule has 1 aliphatic heterocycles. The van der Waals surface area contributed by atoms with Crippen LogP contribution in [0.1, 0.15) is 33.1 Å². The van der Waals surface area contributed by atoms with E-state index >= 15 is 0 Å². The van der Waals surface area contributed by atoms with Crippen LogP contribution in [-0.4, -0.2) is 43.8 Å². The topological polar surface area (TPSA) is 15.3 Å². The van der Waals surface area contributed by atoms with Crippen molar-refractivity contribution in [2.24, 2.45) is 5.41 Å². The summed E-state index contributed by atoms with van der Waals surface area (Å²) in [6, 6.07) is 0. The Balaban J connectivity index is 2.58. The predicted molar refractivity (Wildman–Crippen MR) is 63.0 cm³/mol. The number of nitrogens with one attached hydrogen (secondary N) is 1. The largest absolute Gasteiger partial charge is 0.401 e. The predicted octanol–water partition coefficient (Wildman–Crippen LogP) is 2.65. The van der Waals surface area contributed by atoms with Crippen LogP contribution in [0.3, 0.4) is 0 Å². The molecule has 1 N–H and O–H groups in total. The van der Waals surface area contributed by atoms with Crippen molar-refractivity contribution in [2.45, 2.75) is 39.3 Å². The van der Waals surface area contributed by atoms with Gasteiger partial charge in [0.15, 0.2) is 0 Å². The molecule has 102 valence electrons. The van der Waals surface area contributed by atoms with E-state index in [-0.39, 0.29) is 5.41 Å². The molecule has 1 fully saturated rings. The van der Waals surface area contributed by atoms with Crippen LogP contribution in [0.15, 0.2) is 0 Å². The summed E-state index contributed by atoms with van der Waals surface area (Å²) >= 11 is 0. The molecule has 1 unspecified atom stereocenters. The Morgan fingerprint density at radius 2 is 2.00 bits per heavy atom. The van der Waals surface area contributed by atoms with E-state index in [2.05, 4.69) is 12.2 Å². The summed E-state index contributed by atoms with van der Waals surface area (Å²) in [4.78, 5) is 1.57. The van der Waals surface area contributed by atoms with Gasteiger partial charge in [-0.25, -0.2) is 0 Å². The van der Waals surface area contributed by atoms with E-state index < -0.39 is 12.7 Å². The molecule has 0 spiro atoms. The lowest BCUT2D eigenvalue weighted by Crippen LogP contribution is -2.43. The first-order valence-corrected chi connectivity index (χ1v) is 6.40. The molecule has 0 aliphatic carbocycles. The second kappa shape index (κ2) is 6.05. The Morgan fingerprint density at radius 3 is 2.41 bits per heavy atom. The Kier molecular flexibility index (Phi) is 5.25. The zero-order valence-electron chi connectivity index (χ0n) is 10.7. The molecule has 0 bridgehead atoms. The van der Waals surface area contributed by atoms with Crippen molar-refractivity contribution < 1.29 is 13.2 Å². The van der Waals surface area contributed by atoms with Gasteiger partial charge in [0.2, 0.25) is 0 Å². The average molecular weight is 252 g/mol. The highest BCUT2D eigenvalue weighted by molar-refractivity contribution is 4.89. The molecule has 17 heavy (non-hydrogen) atoms. The van der Waals surface area contributed by atoms with Crippen LogP contribution in [0.25, 0.3) is 0 Å². The van der Waals surface area contributed by atoms with Crippen molar-refractivity contribution in [3.8, 4) is 0 Å². The molecule has 0 amide bonds. The summed E-state index contributed by atoms with van der Waals surface area (Å²) in [6.45, 7) is 6.09. The Bertz CT molecular complexity index is 222. The number of hydrogen-bond donors (Lipinski definition) is 1. The molecule has 0 saturated carbocycles. The lowest BCUT2D eigenvalue weighted by atomic mass is 9.83. The summed E-state index contributed by atoms with van der Waals surface area (Å²) in [7, 11) is 0. The van der Waals surface area contributed by atoms with Crippen LogP contribution in [0.2, 0.25) is 0 Å². The first kappa shape index (κ1) is 14.8. The van der Waals surface area contributed by atoms with Gasteiger partial charge in [-0.2, -0.15) is 13.2 Å². The van der Waals surface area contributed by atoms with Crippen LogP contribution in [-0.2, 0) is 0 Å². The van der Waals surface area contributed by atoms with E-state index in [4.69, 9.17) is 0 Å². The zero-order chi connectivity index (χ0) is 12.9. The minimum absolute atomic E-state index is 0.0421. The fraction of sp³-hybridized carbons (Fsp3) is 1.00. The van der Waals surface area contributed by atoms with Gasteiger partial charge in [-0.3, -0.25) is 4.90 Å². The van der Waals surface area contributed by atoms with Gasteiger partial charge in [0, 0.05) is 13.1 Å². The van der Waals surface area contributed by atoms with E-state index in [1.807, 2.05) is 6.92 Å². The molecule has 2 nitrogen and oxygen atoms in total. The Hall–Kier alpha value is -0.290. The van der Waals surface area contributed by atoms with Gasteiger partial charge in [0.1, 0.15) is 0 Å². The molecule has 1 atom stereocenters. The van der Waals surface area contributed by atoms with Crippen LogP contribution in [0.4, 0.5) is 13.2 Å². The molecule has 0 aromatic heterocycles. The van der Waals surface area contributed by atoms with E-state index in [1.54, 1.807) is 4.90 Å². The summed E-state index contributed by atoms with van der Waals surface area (Å²) in [5, 5.41) is 3.27. The van der Waals surface area contributed by atoms with Crippen molar-refractivity contribution in [3.63, 3.8) is 0 Å². The number of rotatable bonds is 6. The number of alkyl halides is 3. The summed E-state index contributed by atoms with van der Waals surface area (Å²) in [5.74, 6) is 0. The molecule has 1 aliphatic rings. The number of halogens is 3. The monoisotopic (exact) mass is 252 g/mol. The van der Waals surface area contributed by atoms with Crippen molar-refractivity contribution >= 4 is 0 Å². The quantitative estimate of drug-likeness (QED) is 0.782. The molecule has 5 heteroatoms. The molecule has 0 aromatic carbocycles. The maximum atomic E-state index is 12.5. The lowest BCUT2D eigenvalue weighted by molar-refractivity contribution is -0.149. The third-order valence-corrected chi connectivity index (χ3v) is 3.58. The highest BCUT2D eigenvalue weighted by Gasteiger charge is 2.37. The normalized spacial score (nSPS) is 25.8. The second-order valence-corrected chi connectivity index (χ2v) is 5.11. The number of nitrogens with zero attached hydrogens (tertiary/aromatic N) is 1. The first-order valence-electron chi connectivity index (χ1n) is 6.40. The summed E-state index contributed by atoms with van der Waals surface area (Å²) in [5.41, 5.74) is 0.0421. The zero-order valence-corrected chi connectivity index (χ0v) is 10.7. The van der Waals surface area contributed by atoms with Crippen LogP contribution >= 0.6 is 0 Å². The van der Waals surface area contributed by atoms with Gasteiger partial charge in [0.05, 0.1) is 6.54 Å². The van der Waals surface area contributed by atoms with E-state index in [0.29, 0.717) is 13.1 Å². The molecular weight excluding hydrogens is 229 g/mol. The van der Waals surface area contributed by atoms with Crippen molar-refractivity contribution in [3.05, 3.63) is 0 Å². The van der Waals surface area contributed by atoms with Crippen LogP contribution in [0, 0.1) is 5.41 Å². The SMILES string of the molecule is CCCN(CC(F)(F)F)CC1(CC)CCNC1. The maximum absolute atomic E-state index is 12.5. The van der Waals surface area contributed by atoms with Crippen LogP contribution < -0.4 is 5.32 Å². The summed E-state index contributed by atoms with van der Waals surface area (Å²) in [6.07, 6.45) is -1.39. The average Bonchev–Trinajstić information content (AvgIpc) is 2.65.